The molecule has 0 fully saturated rings. The molecule has 6 heteroatoms. The second kappa shape index (κ2) is 3.61. The van der Waals surface area contributed by atoms with Crippen molar-refractivity contribution in [3.05, 3.63) is 30.7 Å². The molecule has 1 rings (SSSR count). The Morgan fingerprint density at radius 1 is 1.00 bits per heavy atom. The normalized spacial score (nSPS) is 12.7. The van der Waals surface area contributed by atoms with Gasteiger partial charge in [0.05, 0.1) is 9.79 Å². The monoisotopic (exact) mass is 247 g/mol. The third-order valence-corrected chi connectivity index (χ3v) is 4.16. The first-order valence-corrected chi connectivity index (χ1v) is 7.77. The molecule has 0 heterocycles. The van der Waals surface area contributed by atoms with Crippen molar-refractivity contribution < 1.29 is 16.8 Å². The van der Waals surface area contributed by atoms with Crippen LogP contribution in [-0.4, -0.2) is 29.3 Å². The lowest BCUT2D eigenvalue weighted by molar-refractivity contribution is 0.600. The molecular weight excluding hydrogens is 236 g/mol. The summed E-state index contributed by atoms with van der Waals surface area (Å²) < 4.78 is 45.0. The van der Waals surface area contributed by atoms with E-state index in [0.29, 0.717) is 5.56 Å². The van der Waals surface area contributed by atoms with Crippen LogP contribution in [0.5, 0.6) is 0 Å². The highest BCUT2D eigenvalue weighted by atomic mass is 32.2. The minimum Gasteiger partial charge on any atom is -0.224 e. The largest absolute Gasteiger partial charge is 0.224 e. The molecule has 0 aromatic heterocycles. The second-order valence-electron chi connectivity index (χ2n) is 3.31. The summed E-state index contributed by atoms with van der Waals surface area (Å²) in [6, 6.07) is 3.85. The molecule has 1 aromatic rings. The first kappa shape index (κ1) is 12.2. The van der Waals surface area contributed by atoms with Crippen LogP contribution in [0, 0.1) is 6.92 Å². The molecular formula is C9H11O4S2. The van der Waals surface area contributed by atoms with E-state index in [1.807, 2.05) is 0 Å². The summed E-state index contributed by atoms with van der Waals surface area (Å²) in [6.07, 6.45) is 2.04. The SMILES string of the molecule is [CH2]c1ccc(S(C)(=O)=O)cc1S(C)(=O)=O. The number of rotatable bonds is 2. The molecule has 83 valence electrons. The average Bonchev–Trinajstić information content (AvgIpc) is 2.00. The summed E-state index contributed by atoms with van der Waals surface area (Å²) in [5, 5.41) is 0. The van der Waals surface area contributed by atoms with Crippen molar-refractivity contribution in [2.45, 2.75) is 9.79 Å². The molecule has 15 heavy (non-hydrogen) atoms. The van der Waals surface area contributed by atoms with Gasteiger partial charge in [0.15, 0.2) is 19.7 Å². The van der Waals surface area contributed by atoms with E-state index >= 15 is 0 Å². The molecule has 0 amide bonds. The molecule has 1 radical (unpaired) electrons. The molecule has 1 aromatic carbocycles. The first-order valence-electron chi connectivity index (χ1n) is 3.98. The summed E-state index contributed by atoms with van der Waals surface area (Å²) in [5.74, 6) is 0. The van der Waals surface area contributed by atoms with Gasteiger partial charge in [0.2, 0.25) is 0 Å². The minimum absolute atomic E-state index is 0.0182. The molecule has 0 spiro atoms. The quantitative estimate of drug-likeness (QED) is 0.770. The molecule has 0 atom stereocenters. The molecule has 0 aliphatic carbocycles. The van der Waals surface area contributed by atoms with Gasteiger partial charge in [-0.2, -0.15) is 0 Å². The zero-order chi connectivity index (χ0) is 11.9. The highest BCUT2D eigenvalue weighted by Gasteiger charge is 2.15. The van der Waals surface area contributed by atoms with Crippen molar-refractivity contribution in [3.8, 4) is 0 Å². The Kier molecular flexibility index (Phi) is 2.93. The number of hydrogen-bond acceptors (Lipinski definition) is 4. The van der Waals surface area contributed by atoms with Crippen molar-refractivity contribution in [3.63, 3.8) is 0 Å². The fraction of sp³-hybridized carbons (Fsp3) is 0.222. The average molecular weight is 247 g/mol. The van der Waals surface area contributed by atoms with Crippen LogP contribution >= 0.6 is 0 Å². The zero-order valence-corrected chi connectivity index (χ0v) is 10.0. The van der Waals surface area contributed by atoms with Crippen molar-refractivity contribution in [1.29, 1.82) is 0 Å². The molecule has 0 N–H and O–H groups in total. The Balaban J connectivity index is 3.57. The van der Waals surface area contributed by atoms with Crippen molar-refractivity contribution in [2.24, 2.45) is 0 Å². The van der Waals surface area contributed by atoms with Gasteiger partial charge in [0.1, 0.15) is 0 Å². The predicted molar refractivity (Wildman–Crippen MR) is 57.1 cm³/mol. The van der Waals surface area contributed by atoms with Crippen molar-refractivity contribution in [2.75, 3.05) is 12.5 Å². The highest BCUT2D eigenvalue weighted by molar-refractivity contribution is 7.91. The summed E-state index contributed by atoms with van der Waals surface area (Å²) >= 11 is 0. The van der Waals surface area contributed by atoms with E-state index in [1.165, 1.54) is 12.1 Å². The number of hydrogen-bond donors (Lipinski definition) is 0. The lowest BCUT2D eigenvalue weighted by Crippen LogP contribution is -2.04. The van der Waals surface area contributed by atoms with Gasteiger partial charge in [-0.25, -0.2) is 16.8 Å². The van der Waals surface area contributed by atoms with Crippen molar-refractivity contribution >= 4 is 19.7 Å². The van der Waals surface area contributed by atoms with Gasteiger partial charge in [0.25, 0.3) is 0 Å². The fourth-order valence-corrected chi connectivity index (χ4v) is 2.72. The number of benzene rings is 1. The van der Waals surface area contributed by atoms with Gasteiger partial charge in [-0.05, 0) is 24.6 Å². The van der Waals surface area contributed by atoms with Crippen LogP contribution in [-0.2, 0) is 19.7 Å². The lowest BCUT2D eigenvalue weighted by Gasteiger charge is -2.05. The fourth-order valence-electron chi connectivity index (χ4n) is 1.11. The maximum absolute atomic E-state index is 11.3. The third-order valence-electron chi connectivity index (χ3n) is 1.87. The van der Waals surface area contributed by atoms with Crippen LogP contribution in [0.15, 0.2) is 28.0 Å². The summed E-state index contributed by atoms with van der Waals surface area (Å²) in [5.41, 5.74) is 0.296. The zero-order valence-electron chi connectivity index (χ0n) is 8.39. The van der Waals surface area contributed by atoms with E-state index in [2.05, 4.69) is 6.92 Å². The maximum Gasteiger partial charge on any atom is 0.175 e. The Bertz CT molecular complexity index is 583. The van der Waals surface area contributed by atoms with Crippen LogP contribution in [0.25, 0.3) is 0 Å². The van der Waals surface area contributed by atoms with E-state index in [9.17, 15) is 16.8 Å². The maximum atomic E-state index is 11.3. The lowest BCUT2D eigenvalue weighted by atomic mass is 10.2. The molecule has 0 saturated carbocycles. The second-order valence-corrected chi connectivity index (χ2v) is 7.31. The van der Waals surface area contributed by atoms with Crippen LogP contribution in [0.2, 0.25) is 0 Å². The minimum atomic E-state index is -3.44. The van der Waals surface area contributed by atoms with Crippen LogP contribution in [0.3, 0.4) is 0 Å². The van der Waals surface area contributed by atoms with Crippen LogP contribution in [0.1, 0.15) is 5.56 Å². The smallest absolute Gasteiger partial charge is 0.175 e. The van der Waals surface area contributed by atoms with Gasteiger partial charge in [-0.3, -0.25) is 0 Å². The van der Waals surface area contributed by atoms with E-state index in [1.54, 1.807) is 0 Å². The Labute approximate surface area is 89.8 Å². The van der Waals surface area contributed by atoms with E-state index in [-0.39, 0.29) is 9.79 Å². The van der Waals surface area contributed by atoms with Crippen LogP contribution in [0.4, 0.5) is 0 Å². The molecule has 0 unspecified atom stereocenters. The molecule has 0 bridgehead atoms. The summed E-state index contributed by atoms with van der Waals surface area (Å²) in [4.78, 5) is -0.0687. The molecule has 0 aliphatic rings. The Hall–Kier alpha value is -0.880. The van der Waals surface area contributed by atoms with E-state index in [0.717, 1.165) is 18.6 Å². The molecule has 0 aliphatic heterocycles. The topological polar surface area (TPSA) is 68.3 Å². The highest BCUT2D eigenvalue weighted by Crippen LogP contribution is 2.19. The number of sulfone groups is 2. The van der Waals surface area contributed by atoms with Gasteiger partial charge in [0, 0.05) is 12.5 Å². The van der Waals surface area contributed by atoms with Gasteiger partial charge >= 0.3 is 0 Å². The Morgan fingerprint density at radius 2 is 1.53 bits per heavy atom. The molecule has 4 nitrogen and oxygen atoms in total. The first-order chi connectivity index (χ1) is 6.62. The predicted octanol–water partition coefficient (Wildman–Crippen LogP) is 0.676. The van der Waals surface area contributed by atoms with Gasteiger partial charge in [-0.1, -0.05) is 6.07 Å². The standard InChI is InChI=1S/C9H11O4S2/c1-7-4-5-8(14(2,10)11)6-9(7)15(3,12)13/h4-6H,1H2,2-3H3. The van der Waals surface area contributed by atoms with Gasteiger partial charge in [-0.15, -0.1) is 0 Å². The van der Waals surface area contributed by atoms with E-state index < -0.39 is 19.7 Å². The third kappa shape index (κ3) is 2.79. The molecule has 0 saturated heterocycles. The summed E-state index contributed by atoms with van der Waals surface area (Å²) in [6.45, 7) is 3.54. The van der Waals surface area contributed by atoms with Crippen molar-refractivity contribution in [1.82, 2.24) is 0 Å². The van der Waals surface area contributed by atoms with Gasteiger partial charge < -0.3 is 0 Å². The summed E-state index contributed by atoms with van der Waals surface area (Å²) in [7, 11) is -6.84. The Morgan fingerprint density at radius 3 is 1.93 bits per heavy atom. The van der Waals surface area contributed by atoms with E-state index in [4.69, 9.17) is 0 Å². The van der Waals surface area contributed by atoms with Crippen LogP contribution < -0.4 is 0 Å².